The second kappa shape index (κ2) is 5.43. The highest BCUT2D eigenvalue weighted by Crippen LogP contribution is 2.15. The van der Waals surface area contributed by atoms with Crippen molar-refractivity contribution in [3.05, 3.63) is 20.8 Å². The average molecular weight is 295 g/mol. The summed E-state index contributed by atoms with van der Waals surface area (Å²) in [5, 5.41) is 11.4. The second-order valence-corrected chi connectivity index (χ2v) is 4.49. The van der Waals surface area contributed by atoms with Gasteiger partial charge >= 0.3 is 11.7 Å². The molecule has 114 valence electrons. The van der Waals surface area contributed by atoms with Crippen molar-refractivity contribution in [1.29, 1.82) is 0 Å². The molecule has 0 fully saturated rings. The van der Waals surface area contributed by atoms with Crippen LogP contribution in [-0.4, -0.2) is 36.3 Å². The van der Waals surface area contributed by atoms with E-state index in [0.29, 0.717) is 13.1 Å². The minimum Gasteiger partial charge on any atom is -0.480 e. The smallest absolute Gasteiger partial charge is 0.332 e. The third-order valence-corrected chi connectivity index (χ3v) is 3.26. The van der Waals surface area contributed by atoms with Crippen LogP contribution >= 0.6 is 0 Å². The van der Waals surface area contributed by atoms with E-state index < -0.39 is 17.2 Å². The third-order valence-electron chi connectivity index (χ3n) is 3.26. The molecule has 9 nitrogen and oxygen atoms in total. The molecule has 0 saturated heterocycles. The zero-order chi connectivity index (χ0) is 15.7. The third kappa shape index (κ3) is 2.30. The number of fused-ring (bicyclic) bond motifs is 1. The van der Waals surface area contributed by atoms with E-state index in [2.05, 4.69) is 10.3 Å². The summed E-state index contributed by atoms with van der Waals surface area (Å²) < 4.78 is 3.99. The lowest BCUT2D eigenvalue weighted by Crippen LogP contribution is -2.38. The van der Waals surface area contributed by atoms with Gasteiger partial charge in [0.2, 0.25) is 5.95 Å². The molecule has 2 N–H and O–H groups in total. The Morgan fingerprint density at radius 1 is 1.24 bits per heavy atom. The van der Waals surface area contributed by atoms with E-state index in [-0.39, 0.29) is 23.7 Å². The van der Waals surface area contributed by atoms with Crippen LogP contribution in [0, 0.1) is 0 Å². The fourth-order valence-electron chi connectivity index (χ4n) is 2.24. The van der Waals surface area contributed by atoms with E-state index in [1.165, 1.54) is 11.6 Å². The molecular formula is C12H17N5O4. The van der Waals surface area contributed by atoms with Gasteiger partial charge < -0.3 is 15.0 Å². The summed E-state index contributed by atoms with van der Waals surface area (Å²) in [4.78, 5) is 39.3. The molecule has 0 bridgehead atoms. The number of nitrogens with one attached hydrogen (secondary N) is 1. The van der Waals surface area contributed by atoms with Crippen molar-refractivity contribution in [2.45, 2.75) is 26.9 Å². The van der Waals surface area contributed by atoms with E-state index >= 15 is 0 Å². The molecule has 0 radical (unpaired) electrons. The van der Waals surface area contributed by atoms with Crippen LogP contribution in [0.2, 0.25) is 0 Å². The summed E-state index contributed by atoms with van der Waals surface area (Å²) in [7, 11) is 1.41. The highest BCUT2D eigenvalue weighted by molar-refractivity contribution is 5.76. The van der Waals surface area contributed by atoms with Crippen molar-refractivity contribution in [2.24, 2.45) is 7.05 Å². The van der Waals surface area contributed by atoms with Gasteiger partial charge in [-0.2, -0.15) is 4.98 Å². The van der Waals surface area contributed by atoms with Gasteiger partial charge in [0, 0.05) is 20.1 Å². The van der Waals surface area contributed by atoms with Crippen molar-refractivity contribution in [3.8, 4) is 0 Å². The van der Waals surface area contributed by atoms with Gasteiger partial charge in [-0.05, 0) is 13.8 Å². The van der Waals surface area contributed by atoms with Gasteiger partial charge in [0.15, 0.2) is 11.2 Å². The summed E-state index contributed by atoms with van der Waals surface area (Å²) in [6, 6.07) is 0. The van der Waals surface area contributed by atoms with Gasteiger partial charge in [-0.3, -0.25) is 18.7 Å². The number of aliphatic carboxylic acids is 1. The number of hydrogen-bond donors (Lipinski definition) is 2. The first-order valence-electron chi connectivity index (χ1n) is 6.58. The Kier molecular flexibility index (Phi) is 3.83. The Labute approximate surface area is 119 Å². The van der Waals surface area contributed by atoms with Crippen molar-refractivity contribution in [3.63, 3.8) is 0 Å². The van der Waals surface area contributed by atoms with Crippen LogP contribution in [0.4, 0.5) is 5.95 Å². The number of hydrogen-bond acceptors (Lipinski definition) is 5. The predicted molar refractivity (Wildman–Crippen MR) is 76.7 cm³/mol. The number of anilines is 1. The topological polar surface area (TPSA) is 111 Å². The molecule has 0 spiro atoms. The quantitative estimate of drug-likeness (QED) is 0.764. The minimum absolute atomic E-state index is 0.264. The Morgan fingerprint density at radius 3 is 2.38 bits per heavy atom. The van der Waals surface area contributed by atoms with Gasteiger partial charge in [-0.25, -0.2) is 4.79 Å². The van der Waals surface area contributed by atoms with Crippen LogP contribution < -0.4 is 16.6 Å². The zero-order valence-electron chi connectivity index (χ0n) is 12.1. The molecule has 9 heteroatoms. The van der Waals surface area contributed by atoms with Crippen LogP contribution in [0.15, 0.2) is 9.59 Å². The van der Waals surface area contributed by atoms with Gasteiger partial charge in [0.05, 0.1) is 0 Å². The largest absolute Gasteiger partial charge is 0.480 e. The van der Waals surface area contributed by atoms with Crippen LogP contribution in [0.5, 0.6) is 0 Å². The van der Waals surface area contributed by atoms with E-state index in [1.54, 1.807) is 11.5 Å². The first-order chi connectivity index (χ1) is 9.92. The Bertz CT molecular complexity index is 814. The lowest BCUT2D eigenvalue weighted by atomic mass is 10.4. The molecule has 0 unspecified atom stereocenters. The summed E-state index contributed by atoms with van der Waals surface area (Å²) in [5.41, 5.74) is -0.340. The highest BCUT2D eigenvalue weighted by atomic mass is 16.4. The van der Waals surface area contributed by atoms with Crippen molar-refractivity contribution >= 4 is 23.1 Å². The lowest BCUT2D eigenvalue weighted by molar-refractivity contribution is -0.134. The fourth-order valence-corrected chi connectivity index (χ4v) is 2.24. The van der Waals surface area contributed by atoms with E-state index in [0.717, 1.165) is 4.57 Å². The van der Waals surface area contributed by atoms with Crippen LogP contribution in [0.3, 0.4) is 0 Å². The monoisotopic (exact) mass is 295 g/mol. The summed E-state index contributed by atoms with van der Waals surface area (Å²) >= 11 is 0. The molecule has 2 aromatic rings. The van der Waals surface area contributed by atoms with Gasteiger partial charge in [0.25, 0.3) is 5.56 Å². The summed E-state index contributed by atoms with van der Waals surface area (Å²) in [5.74, 6) is -0.773. The average Bonchev–Trinajstić information content (AvgIpc) is 2.81. The molecule has 0 aliphatic rings. The lowest BCUT2D eigenvalue weighted by Gasteiger charge is -2.07. The van der Waals surface area contributed by atoms with Gasteiger partial charge in [-0.1, -0.05) is 0 Å². The number of rotatable bonds is 5. The van der Waals surface area contributed by atoms with E-state index in [9.17, 15) is 14.4 Å². The van der Waals surface area contributed by atoms with Crippen LogP contribution in [0.1, 0.15) is 13.8 Å². The Balaban J connectivity index is 2.81. The maximum atomic E-state index is 12.3. The maximum Gasteiger partial charge on any atom is 0.332 e. The van der Waals surface area contributed by atoms with E-state index in [4.69, 9.17) is 5.11 Å². The Morgan fingerprint density at radius 2 is 1.86 bits per heavy atom. The van der Waals surface area contributed by atoms with Crippen molar-refractivity contribution in [1.82, 2.24) is 18.7 Å². The Hall–Kier alpha value is -2.58. The predicted octanol–water partition coefficient (Wildman–Crippen LogP) is -0.567. The van der Waals surface area contributed by atoms with Crippen molar-refractivity contribution in [2.75, 3.05) is 11.9 Å². The van der Waals surface area contributed by atoms with Crippen molar-refractivity contribution < 1.29 is 9.90 Å². The highest BCUT2D eigenvalue weighted by Gasteiger charge is 2.19. The number of nitrogens with zero attached hydrogens (tertiary/aromatic N) is 4. The molecular weight excluding hydrogens is 278 g/mol. The SMILES string of the molecule is CCn1c(NCC(=O)O)nc2c1c(=O)n(C)c(=O)n2CC. The van der Waals surface area contributed by atoms with Gasteiger partial charge in [-0.15, -0.1) is 0 Å². The number of imidazole rings is 1. The number of carboxylic acid groups (broad SMARTS) is 1. The first-order valence-corrected chi connectivity index (χ1v) is 6.58. The normalized spacial score (nSPS) is 11.0. The maximum absolute atomic E-state index is 12.3. The molecule has 0 aromatic carbocycles. The molecule has 2 aromatic heterocycles. The molecule has 0 atom stereocenters. The first kappa shape index (κ1) is 14.8. The molecule has 2 rings (SSSR count). The molecule has 0 amide bonds. The number of aromatic nitrogens is 4. The molecule has 21 heavy (non-hydrogen) atoms. The standard InChI is InChI=1S/C12H17N5O4/c1-4-16-8-9(14-11(16)13-6-7(18)19)17(5-2)12(21)15(3)10(8)20/h4-6H2,1-3H3,(H,13,14)(H,18,19). The summed E-state index contributed by atoms with van der Waals surface area (Å²) in [6.45, 7) is 4.06. The number of carbonyl (C=O) groups is 1. The summed E-state index contributed by atoms with van der Waals surface area (Å²) in [6.07, 6.45) is 0. The molecule has 0 saturated carbocycles. The van der Waals surface area contributed by atoms with Crippen LogP contribution in [0.25, 0.3) is 11.2 Å². The fraction of sp³-hybridized carbons (Fsp3) is 0.500. The van der Waals surface area contributed by atoms with Crippen LogP contribution in [-0.2, 0) is 24.9 Å². The zero-order valence-corrected chi connectivity index (χ0v) is 12.1. The minimum atomic E-state index is -1.04. The molecule has 0 aliphatic heterocycles. The molecule has 0 aliphatic carbocycles. The van der Waals surface area contributed by atoms with E-state index in [1.807, 2.05) is 6.92 Å². The molecule has 2 heterocycles. The van der Waals surface area contributed by atoms with Gasteiger partial charge in [0.1, 0.15) is 6.54 Å². The number of aryl methyl sites for hydroxylation is 2. The number of carboxylic acids is 1. The second-order valence-electron chi connectivity index (χ2n) is 4.49.